The first-order valence-corrected chi connectivity index (χ1v) is 13.9. The number of hydrogen-bond acceptors (Lipinski definition) is 2. The molecule has 0 spiro atoms. The second-order valence-electron chi connectivity index (χ2n) is 12.3. The Bertz CT molecular complexity index is 1210. The number of carbonyl (C=O) groups excluding carboxylic acids is 2. The van der Waals surface area contributed by atoms with Crippen LogP contribution in [0.1, 0.15) is 65.2 Å². The molecule has 0 aromatic heterocycles. The molecule has 4 heteroatoms. The first kappa shape index (κ1) is 23.5. The van der Waals surface area contributed by atoms with Gasteiger partial charge in [-0.25, -0.2) is 4.90 Å². The molecule has 3 nitrogen and oxygen atoms in total. The van der Waals surface area contributed by atoms with E-state index in [0.29, 0.717) is 5.69 Å². The third kappa shape index (κ3) is 3.34. The Kier molecular flexibility index (Phi) is 5.27. The Morgan fingerprint density at radius 1 is 0.824 bits per heavy atom. The zero-order valence-corrected chi connectivity index (χ0v) is 22.5. The number of imide groups is 1. The maximum atomic E-state index is 13.8. The zero-order valence-electron chi connectivity index (χ0n) is 21.6. The van der Waals surface area contributed by atoms with Gasteiger partial charge in [0.1, 0.15) is 0 Å². The smallest absolute Gasteiger partial charge is 0.238 e. The summed E-state index contributed by atoms with van der Waals surface area (Å²) in [7, 11) is -0.680. The first-order valence-electron chi connectivity index (χ1n) is 12.4. The van der Waals surface area contributed by atoms with Gasteiger partial charge in [0.25, 0.3) is 0 Å². The van der Waals surface area contributed by atoms with Crippen LogP contribution in [0.15, 0.2) is 54.1 Å². The predicted octanol–water partition coefficient (Wildman–Crippen LogP) is 6.21. The Morgan fingerprint density at radius 3 is 2.03 bits per heavy atom. The van der Waals surface area contributed by atoms with Crippen LogP contribution in [0.4, 0.5) is 5.69 Å². The molecule has 0 aliphatic carbocycles. The van der Waals surface area contributed by atoms with E-state index in [4.69, 9.17) is 0 Å². The Labute approximate surface area is 205 Å². The third-order valence-electron chi connectivity index (χ3n) is 7.87. The van der Waals surface area contributed by atoms with E-state index in [0.717, 1.165) is 0 Å². The third-order valence-corrected chi connectivity index (χ3v) is 11.4. The van der Waals surface area contributed by atoms with E-state index in [9.17, 15) is 9.59 Å². The fraction of sp³-hybridized carbons (Fsp3) is 0.467. The standard InChI is InChI=1S/C30H36NO2P/c1-17-14-19(29(3,4)5)16-21(30(6,7)8)25(17)34-22-15-18(2)26(34)24-23(22)27(32)31(28(24)33)20-12-10-9-11-13-20/h9-16,22-24,26H,1-8H3/t22-,23-,24-,26+,34?/m0/s1. The molecular weight excluding hydrogens is 437 g/mol. The highest BCUT2D eigenvalue weighted by atomic mass is 31.1. The summed E-state index contributed by atoms with van der Waals surface area (Å²) in [6.07, 6.45) is 2.33. The van der Waals surface area contributed by atoms with Gasteiger partial charge in [-0.3, -0.25) is 9.59 Å². The Hall–Kier alpha value is -2.25. The Morgan fingerprint density at radius 2 is 1.44 bits per heavy atom. The van der Waals surface area contributed by atoms with Crippen molar-refractivity contribution < 1.29 is 9.59 Å². The molecule has 3 aliphatic heterocycles. The number of hydrogen-bond donors (Lipinski definition) is 0. The number of nitrogens with zero attached hydrogens (tertiary/aromatic N) is 1. The van der Waals surface area contributed by atoms with Crippen LogP contribution in [0.25, 0.3) is 0 Å². The molecule has 3 aliphatic rings. The highest BCUT2D eigenvalue weighted by molar-refractivity contribution is 7.68. The lowest BCUT2D eigenvalue weighted by Crippen LogP contribution is -2.35. The van der Waals surface area contributed by atoms with Gasteiger partial charge in [0, 0.05) is 11.3 Å². The van der Waals surface area contributed by atoms with Crippen molar-refractivity contribution in [2.24, 2.45) is 11.8 Å². The van der Waals surface area contributed by atoms with E-state index in [2.05, 4.69) is 73.6 Å². The molecule has 5 rings (SSSR count). The fourth-order valence-electron chi connectivity index (χ4n) is 6.24. The number of aryl methyl sites for hydroxylation is 1. The number of benzene rings is 2. The fourth-order valence-corrected chi connectivity index (χ4v) is 10.6. The van der Waals surface area contributed by atoms with Crippen molar-refractivity contribution in [3.63, 3.8) is 0 Å². The van der Waals surface area contributed by atoms with Crippen molar-refractivity contribution in [1.82, 2.24) is 0 Å². The van der Waals surface area contributed by atoms with E-state index in [1.54, 1.807) is 0 Å². The maximum Gasteiger partial charge on any atom is 0.238 e. The van der Waals surface area contributed by atoms with Crippen molar-refractivity contribution in [3.05, 3.63) is 70.8 Å². The summed E-state index contributed by atoms with van der Waals surface area (Å²) >= 11 is 0. The molecule has 2 bridgehead atoms. The Balaban J connectivity index is 1.63. The summed E-state index contributed by atoms with van der Waals surface area (Å²) in [5.74, 6) is -0.480. The second-order valence-corrected chi connectivity index (χ2v) is 14.8. The van der Waals surface area contributed by atoms with Crippen LogP contribution in [0.3, 0.4) is 0 Å². The molecule has 2 aromatic rings. The zero-order chi connectivity index (χ0) is 24.7. The summed E-state index contributed by atoms with van der Waals surface area (Å²) in [4.78, 5) is 28.9. The van der Waals surface area contributed by atoms with Crippen molar-refractivity contribution in [2.45, 2.75) is 77.5 Å². The van der Waals surface area contributed by atoms with Crippen molar-refractivity contribution in [1.29, 1.82) is 0 Å². The molecule has 1 unspecified atom stereocenters. The number of carbonyl (C=O) groups is 2. The minimum absolute atomic E-state index is 0.00470. The quantitative estimate of drug-likeness (QED) is 0.295. The van der Waals surface area contributed by atoms with Crippen molar-refractivity contribution in [3.8, 4) is 0 Å². The lowest BCUT2D eigenvalue weighted by molar-refractivity contribution is -0.122. The number of fused-ring (bicyclic) bond motifs is 5. The SMILES string of the molecule is CC1=C[C@H]2[C@@H]3C(=O)N(c4ccccc4)C(=O)[C@@H]3[C@@H]1P2c1c(C)cc(C(C)(C)C)cc1C(C)(C)C. The van der Waals surface area contributed by atoms with Gasteiger partial charge in [-0.2, -0.15) is 0 Å². The largest absolute Gasteiger partial charge is 0.274 e. The van der Waals surface area contributed by atoms with Crippen molar-refractivity contribution >= 4 is 30.7 Å². The van der Waals surface area contributed by atoms with Gasteiger partial charge in [0.15, 0.2) is 0 Å². The van der Waals surface area contributed by atoms with Crippen molar-refractivity contribution in [2.75, 3.05) is 4.90 Å². The van der Waals surface area contributed by atoms with E-state index in [1.165, 1.54) is 32.5 Å². The molecule has 0 saturated carbocycles. The number of rotatable bonds is 2. The molecule has 0 radical (unpaired) electrons. The molecule has 5 atom stereocenters. The summed E-state index contributed by atoms with van der Waals surface area (Å²) < 4.78 is 0. The average Bonchev–Trinajstić information content (AvgIpc) is 3.32. The van der Waals surface area contributed by atoms with Gasteiger partial charge < -0.3 is 0 Å². The van der Waals surface area contributed by atoms with Gasteiger partial charge in [0.05, 0.1) is 17.5 Å². The molecule has 3 heterocycles. The summed E-state index contributed by atoms with van der Waals surface area (Å²) in [6.45, 7) is 18.1. The van der Waals surface area contributed by atoms with Crippen LogP contribution in [-0.2, 0) is 20.4 Å². The molecule has 2 fully saturated rings. The van der Waals surface area contributed by atoms with Crippen LogP contribution >= 0.6 is 7.92 Å². The first-order chi connectivity index (χ1) is 15.8. The van der Waals surface area contributed by atoms with Gasteiger partial charge in [-0.05, 0) is 58.8 Å². The second kappa shape index (κ2) is 7.62. The molecule has 178 valence electrons. The maximum absolute atomic E-state index is 13.8. The summed E-state index contributed by atoms with van der Waals surface area (Å²) in [5.41, 5.74) is 6.40. The molecule has 34 heavy (non-hydrogen) atoms. The average molecular weight is 474 g/mol. The molecule has 2 aromatic carbocycles. The van der Waals surface area contributed by atoms with Gasteiger partial charge in [-0.1, -0.05) is 91.4 Å². The van der Waals surface area contributed by atoms with E-state index in [1.807, 2.05) is 30.3 Å². The molecule has 0 N–H and O–H groups in total. The minimum Gasteiger partial charge on any atom is -0.274 e. The predicted molar refractivity (Wildman–Crippen MR) is 142 cm³/mol. The highest BCUT2D eigenvalue weighted by Gasteiger charge is 2.65. The van der Waals surface area contributed by atoms with Crippen LogP contribution in [-0.4, -0.2) is 23.1 Å². The number of anilines is 1. The number of para-hydroxylation sites is 1. The van der Waals surface area contributed by atoms with E-state index >= 15 is 0 Å². The molecular formula is C30H36NO2P. The normalized spacial score (nSPS) is 28.5. The topological polar surface area (TPSA) is 37.4 Å². The summed E-state index contributed by atoms with van der Waals surface area (Å²) in [5, 5.41) is 1.43. The highest BCUT2D eigenvalue weighted by Crippen LogP contribution is 2.69. The lowest BCUT2D eigenvalue weighted by atomic mass is 9.79. The van der Waals surface area contributed by atoms with Gasteiger partial charge in [-0.15, -0.1) is 0 Å². The van der Waals surface area contributed by atoms with E-state index < -0.39 is 7.92 Å². The van der Waals surface area contributed by atoms with Crippen LogP contribution in [0, 0.1) is 18.8 Å². The summed E-state index contributed by atoms with van der Waals surface area (Å²) in [6, 6.07) is 14.2. The minimum atomic E-state index is -0.680. The van der Waals surface area contributed by atoms with Crippen LogP contribution in [0.2, 0.25) is 0 Å². The lowest BCUT2D eigenvalue weighted by Gasteiger charge is -2.34. The van der Waals surface area contributed by atoms with Crippen LogP contribution < -0.4 is 10.2 Å². The number of allylic oxidation sites excluding steroid dienone is 2. The number of amides is 2. The molecule has 2 amide bonds. The van der Waals surface area contributed by atoms with Gasteiger partial charge >= 0.3 is 0 Å². The monoisotopic (exact) mass is 473 g/mol. The van der Waals surface area contributed by atoms with Crippen LogP contribution in [0.5, 0.6) is 0 Å². The van der Waals surface area contributed by atoms with Gasteiger partial charge in [0.2, 0.25) is 11.8 Å². The molecule has 2 saturated heterocycles. The van der Waals surface area contributed by atoms with E-state index in [-0.39, 0.29) is 45.8 Å².